The Kier molecular flexibility index (Phi) is 5.59. The second-order valence-electron chi connectivity index (χ2n) is 4.79. The molecule has 2 aromatic rings. The van der Waals surface area contributed by atoms with Crippen LogP contribution in [0.1, 0.15) is 18.1 Å². The highest BCUT2D eigenvalue weighted by Gasteiger charge is 2.33. The zero-order valence-corrected chi connectivity index (χ0v) is 14.2. The quantitative estimate of drug-likeness (QED) is 0.407. The molecule has 0 N–H and O–H groups in total. The lowest BCUT2D eigenvalue weighted by atomic mass is 10.1. The van der Waals surface area contributed by atoms with Gasteiger partial charge in [-0.15, -0.1) is 0 Å². The molecule has 2 rings (SSSR count). The number of hydrogen-bond donors (Lipinski definition) is 0. The van der Waals surface area contributed by atoms with Crippen LogP contribution in [0.5, 0.6) is 11.6 Å². The maximum atomic E-state index is 12.5. The van der Waals surface area contributed by atoms with Crippen molar-refractivity contribution in [1.82, 2.24) is 4.98 Å². The van der Waals surface area contributed by atoms with Crippen LogP contribution in [0.3, 0.4) is 0 Å². The van der Waals surface area contributed by atoms with Gasteiger partial charge in [0.05, 0.1) is 10.5 Å². The molecule has 1 aromatic heterocycles. The molecule has 0 bridgehead atoms. The smallest absolute Gasteiger partial charge is 0.439 e. The van der Waals surface area contributed by atoms with Gasteiger partial charge >= 0.3 is 19.0 Å². The second-order valence-corrected chi connectivity index (χ2v) is 6.68. The van der Waals surface area contributed by atoms with Gasteiger partial charge in [0.25, 0.3) is 5.30 Å². The van der Waals surface area contributed by atoms with E-state index >= 15 is 0 Å². The number of nitro groups is 1. The minimum Gasteiger partial charge on any atom is -0.439 e. The molecule has 0 saturated carbocycles. The molecule has 1 atom stereocenters. The minimum atomic E-state index is -4.53. The first-order valence-electron chi connectivity index (χ1n) is 6.79. The first kappa shape index (κ1) is 19.1. The molecule has 1 aromatic carbocycles. The molecule has 1 unspecified atom stereocenters. The Hall–Kier alpha value is -2.25. The number of benzene rings is 1. The summed E-state index contributed by atoms with van der Waals surface area (Å²) in [5, 5.41) is 10.8. The number of hydrogen-bond acceptors (Lipinski definition) is 5. The summed E-state index contributed by atoms with van der Waals surface area (Å²) in [6.45, 7) is 1.70. The molecule has 11 heteroatoms. The van der Waals surface area contributed by atoms with E-state index in [1.807, 2.05) is 0 Å². The fourth-order valence-electron chi connectivity index (χ4n) is 1.98. The van der Waals surface area contributed by atoms with Crippen LogP contribution in [-0.2, 0) is 17.2 Å². The maximum absolute atomic E-state index is 12.5. The molecule has 25 heavy (non-hydrogen) atoms. The van der Waals surface area contributed by atoms with Crippen molar-refractivity contribution in [3.63, 3.8) is 0 Å². The van der Waals surface area contributed by atoms with Crippen molar-refractivity contribution in [2.75, 3.05) is 0 Å². The second kappa shape index (κ2) is 7.33. The Bertz CT molecular complexity index is 828. The normalized spacial score (nSPS) is 12.0. The highest BCUT2D eigenvalue weighted by molar-refractivity contribution is 7.80. The van der Waals surface area contributed by atoms with Gasteiger partial charge in [0.15, 0.2) is 0 Å². The maximum Gasteiger partial charge on any atom is 0.501 e. The Morgan fingerprint density at radius 2 is 2.04 bits per heavy atom. The number of nitro benzene ring substituents is 1. The largest absolute Gasteiger partial charge is 0.501 e. The third kappa shape index (κ3) is 4.43. The first-order chi connectivity index (χ1) is 11.6. The Morgan fingerprint density at radius 3 is 2.48 bits per heavy atom. The van der Waals surface area contributed by atoms with E-state index in [-0.39, 0.29) is 16.9 Å². The number of halogens is 4. The zero-order chi connectivity index (χ0) is 18.8. The highest BCUT2D eigenvalue weighted by Crippen LogP contribution is 2.36. The van der Waals surface area contributed by atoms with E-state index in [1.54, 1.807) is 6.92 Å². The topological polar surface area (TPSA) is 82.3 Å². The molecule has 0 aliphatic heterocycles. The van der Waals surface area contributed by atoms with Crippen molar-refractivity contribution in [1.29, 1.82) is 0 Å². The summed E-state index contributed by atoms with van der Waals surface area (Å²) in [5.74, 6) is -0.0633. The van der Waals surface area contributed by atoms with Gasteiger partial charge in [-0.2, -0.15) is 13.2 Å². The van der Waals surface area contributed by atoms with Crippen LogP contribution in [0, 0.1) is 10.1 Å². The number of pyridine rings is 1. The van der Waals surface area contributed by atoms with Crippen LogP contribution >= 0.6 is 18.4 Å². The Morgan fingerprint density at radius 1 is 1.36 bits per heavy atom. The van der Waals surface area contributed by atoms with Crippen molar-refractivity contribution >= 4 is 29.4 Å². The molecule has 0 aliphatic carbocycles. The van der Waals surface area contributed by atoms with E-state index in [2.05, 4.69) is 4.98 Å². The van der Waals surface area contributed by atoms with Crippen molar-refractivity contribution in [2.24, 2.45) is 0 Å². The average Bonchev–Trinajstić information content (AvgIpc) is 2.53. The number of nitrogens with zero attached hydrogens (tertiary/aromatic N) is 2. The summed E-state index contributed by atoms with van der Waals surface area (Å²) in [5.41, 5.74) is -0.963. The van der Waals surface area contributed by atoms with E-state index in [0.717, 1.165) is 18.2 Å². The van der Waals surface area contributed by atoms with Gasteiger partial charge in [-0.3, -0.25) is 10.1 Å². The predicted octanol–water partition coefficient (Wildman–Crippen LogP) is 4.97. The van der Waals surface area contributed by atoms with Gasteiger partial charge in [0, 0.05) is 30.0 Å². The van der Waals surface area contributed by atoms with Crippen molar-refractivity contribution in [3.05, 3.63) is 51.7 Å². The highest BCUT2D eigenvalue weighted by atomic mass is 35.7. The molecule has 0 fully saturated rings. The monoisotopic (exact) mass is 393 g/mol. The molecular formula is C14H10ClF3N2O4P+. The fourth-order valence-corrected chi connectivity index (χ4v) is 2.93. The van der Waals surface area contributed by atoms with Gasteiger partial charge in [0.1, 0.15) is 5.75 Å². The Balaban J connectivity index is 2.43. The SMILES string of the molecule is CCc1cc([N+](=O)[O-])c([P+](=O)Cl)cc1Oc1ccc(C(F)(F)F)cn1. The summed E-state index contributed by atoms with van der Waals surface area (Å²) in [6, 6.07) is 4.12. The third-order valence-electron chi connectivity index (χ3n) is 3.20. The Labute approximate surface area is 145 Å². The van der Waals surface area contributed by atoms with Gasteiger partial charge in [-0.1, -0.05) is 6.92 Å². The van der Waals surface area contributed by atoms with Crippen molar-refractivity contribution < 1.29 is 27.4 Å². The van der Waals surface area contributed by atoms with E-state index in [1.165, 1.54) is 6.07 Å². The molecule has 132 valence electrons. The van der Waals surface area contributed by atoms with E-state index < -0.39 is 29.5 Å². The number of aryl methyl sites for hydroxylation is 1. The molecular weight excluding hydrogens is 384 g/mol. The van der Waals surface area contributed by atoms with E-state index in [9.17, 15) is 27.9 Å². The summed E-state index contributed by atoms with van der Waals surface area (Å²) in [7, 11) is -2.55. The van der Waals surface area contributed by atoms with E-state index in [0.29, 0.717) is 18.2 Å². The predicted molar refractivity (Wildman–Crippen MR) is 84.9 cm³/mol. The lowest BCUT2D eigenvalue weighted by Gasteiger charge is -2.10. The molecule has 0 amide bonds. The number of alkyl halides is 3. The lowest BCUT2D eigenvalue weighted by molar-refractivity contribution is -0.383. The van der Waals surface area contributed by atoms with Gasteiger partial charge in [0.2, 0.25) is 17.1 Å². The van der Waals surface area contributed by atoms with Crippen molar-refractivity contribution in [2.45, 2.75) is 19.5 Å². The number of aromatic nitrogens is 1. The fraction of sp³-hybridized carbons (Fsp3) is 0.214. The molecule has 6 nitrogen and oxygen atoms in total. The van der Waals surface area contributed by atoms with Crippen LogP contribution in [0.15, 0.2) is 30.5 Å². The van der Waals surface area contributed by atoms with Crippen LogP contribution in [0.2, 0.25) is 0 Å². The average molecular weight is 394 g/mol. The standard InChI is InChI=1S/C14H10ClF3N2O4P/c1-2-8-5-10(20(21)22)12(25(15)23)6-11(8)24-13-4-3-9(7-19-13)14(16,17)18/h3-7H,2H2,1H3/q+1. The molecule has 0 spiro atoms. The lowest BCUT2D eigenvalue weighted by Crippen LogP contribution is -2.08. The summed E-state index contributed by atoms with van der Waals surface area (Å²) >= 11 is 5.50. The van der Waals surface area contributed by atoms with Crippen LogP contribution in [-0.4, -0.2) is 9.91 Å². The van der Waals surface area contributed by atoms with Crippen molar-refractivity contribution in [3.8, 4) is 11.6 Å². The van der Waals surface area contributed by atoms with Crippen LogP contribution < -0.4 is 10.0 Å². The summed E-state index contributed by atoms with van der Waals surface area (Å²) in [6.07, 6.45) is -3.59. The first-order valence-corrected chi connectivity index (χ1v) is 8.95. The zero-order valence-electron chi connectivity index (χ0n) is 12.6. The number of rotatable bonds is 5. The summed E-state index contributed by atoms with van der Waals surface area (Å²) in [4.78, 5) is 13.9. The van der Waals surface area contributed by atoms with Crippen LogP contribution in [0.25, 0.3) is 0 Å². The molecule has 0 saturated heterocycles. The molecule has 0 radical (unpaired) electrons. The summed E-state index contributed by atoms with van der Waals surface area (Å²) < 4.78 is 54.6. The van der Waals surface area contributed by atoms with Gasteiger partial charge in [-0.05, 0) is 17.1 Å². The minimum absolute atomic E-state index is 0.0827. The molecule has 0 aliphatic rings. The molecule has 1 heterocycles. The number of ether oxygens (including phenoxy) is 1. The van der Waals surface area contributed by atoms with Gasteiger partial charge in [-0.25, -0.2) is 4.98 Å². The van der Waals surface area contributed by atoms with Crippen LogP contribution in [0.4, 0.5) is 18.9 Å². The third-order valence-corrected chi connectivity index (χ3v) is 4.49. The van der Waals surface area contributed by atoms with Gasteiger partial charge < -0.3 is 4.74 Å². The van der Waals surface area contributed by atoms with E-state index in [4.69, 9.17) is 16.0 Å².